The molecule has 5 nitrogen and oxygen atoms in total. The summed E-state index contributed by atoms with van der Waals surface area (Å²) in [6.45, 7) is 1.28. The van der Waals surface area contributed by atoms with E-state index in [2.05, 4.69) is 10.3 Å². The number of nitrogens with zero attached hydrogens (tertiary/aromatic N) is 1. The lowest BCUT2D eigenvalue weighted by atomic mass is 10.0. The minimum Gasteiger partial charge on any atom is -0.388 e. The maximum atomic E-state index is 12.5. The molecule has 3 rings (SSSR count). The molecule has 0 aliphatic rings. The molecule has 4 N–H and O–H groups in total. The van der Waals surface area contributed by atoms with Gasteiger partial charge in [-0.25, -0.2) is 4.98 Å². The van der Waals surface area contributed by atoms with E-state index in [1.165, 1.54) is 24.4 Å². The number of hydrogen-bond acceptors (Lipinski definition) is 5. The first kappa shape index (κ1) is 9.87. The first-order valence-electron chi connectivity index (χ1n) is 14.9. The zero-order valence-corrected chi connectivity index (χ0v) is 16.2. The lowest BCUT2D eigenvalue weighted by molar-refractivity contribution is -0.115. The van der Waals surface area contributed by atoms with Gasteiger partial charge in [-0.3, -0.25) is 4.79 Å². The van der Waals surface area contributed by atoms with Crippen LogP contribution in [0.4, 0.5) is 10.8 Å². The number of anilines is 2. The molecule has 0 saturated carbocycles. The second-order valence-corrected chi connectivity index (χ2v) is 6.62. The number of nitrogens with two attached hydrogens (primary N) is 1. The number of aryl methyl sites for hydroxylation is 1. The summed E-state index contributed by atoms with van der Waals surface area (Å²) >= 11 is 0.949. The molecule has 1 heterocycles. The van der Waals surface area contributed by atoms with E-state index in [0.717, 1.165) is 23.5 Å². The smallest absolute Gasteiger partial charge is 0.230 e. The van der Waals surface area contributed by atoms with Crippen molar-refractivity contribution in [2.75, 3.05) is 11.1 Å². The van der Waals surface area contributed by atoms with Crippen molar-refractivity contribution in [3.63, 3.8) is 0 Å². The summed E-state index contributed by atoms with van der Waals surface area (Å²) < 4.78 is 107. The predicted molar refractivity (Wildman–Crippen MR) is 119 cm³/mol. The third kappa shape index (κ3) is 6.69. The van der Waals surface area contributed by atoms with E-state index < -0.39 is 73.6 Å². The van der Waals surface area contributed by atoms with Crippen LogP contribution < -0.4 is 11.1 Å². The van der Waals surface area contributed by atoms with E-state index in [1.807, 2.05) is 0 Å². The number of aliphatic hydroxyl groups is 1. The van der Waals surface area contributed by atoms with E-state index >= 15 is 0 Å². The second kappa shape index (κ2) is 10.2. The van der Waals surface area contributed by atoms with Crippen molar-refractivity contribution in [1.82, 2.24) is 4.98 Å². The highest BCUT2D eigenvalue weighted by molar-refractivity contribution is 7.13. The van der Waals surface area contributed by atoms with Crippen LogP contribution in [0, 0.1) is 6.92 Å². The van der Waals surface area contributed by atoms with Crippen LogP contribution in [0.25, 0.3) is 0 Å². The zero-order chi connectivity index (χ0) is 32.2. The highest BCUT2D eigenvalue weighted by atomic mass is 32.1. The Labute approximate surface area is 193 Å². The fourth-order valence-corrected chi connectivity index (χ4v) is 2.61. The highest BCUT2D eigenvalue weighted by Gasteiger charge is 2.08. The standard InChI is InChI=1S/C23H27N3O2S/c1-16-6-10-18(11-7-16)21(27)5-3-2-4-17-8-12-19(13-9-17)25-22(28)14-20-15-29-23(24)26-20/h6-13,15,21,27H,2-5,14H2,1H3,(H2,24,26)(H,25,28)/t21-/m0/s1/i2D2,4D2,5D2,6D,7D,10D,11D,14D2,21D. The molecule has 0 radical (unpaired) electrons. The Morgan fingerprint density at radius 1 is 1.34 bits per heavy atom. The number of benzene rings is 2. The Kier molecular flexibility index (Phi) is 3.47. The average molecular weight is 423 g/mol. The fourth-order valence-electron chi connectivity index (χ4n) is 2.12. The molecule has 2 aromatic carbocycles. The van der Waals surface area contributed by atoms with Gasteiger partial charge >= 0.3 is 0 Å². The van der Waals surface area contributed by atoms with Gasteiger partial charge in [0.1, 0.15) is 0 Å². The third-order valence-corrected chi connectivity index (χ3v) is 4.14. The molecule has 0 saturated heterocycles. The van der Waals surface area contributed by atoms with Crippen LogP contribution in [-0.4, -0.2) is 16.0 Å². The van der Waals surface area contributed by atoms with Gasteiger partial charge in [0, 0.05) is 22.0 Å². The fraction of sp³-hybridized carbons (Fsp3) is 0.304. The topological polar surface area (TPSA) is 88.2 Å². The van der Waals surface area contributed by atoms with Gasteiger partial charge in [0.25, 0.3) is 0 Å². The van der Waals surface area contributed by atoms with E-state index in [9.17, 15) is 9.90 Å². The number of thiazole rings is 1. The number of aromatic nitrogens is 1. The molecule has 0 aliphatic carbocycles. The first-order chi connectivity index (χ1) is 19.0. The van der Waals surface area contributed by atoms with Crippen LogP contribution in [0.2, 0.25) is 0 Å². The molecule has 29 heavy (non-hydrogen) atoms. The van der Waals surface area contributed by atoms with Crippen LogP contribution in [0.15, 0.2) is 53.8 Å². The summed E-state index contributed by atoms with van der Waals surface area (Å²) in [6.07, 6.45) is -16.9. The highest BCUT2D eigenvalue weighted by Crippen LogP contribution is 2.21. The minimum absolute atomic E-state index is 0.0331. The van der Waals surface area contributed by atoms with Crippen molar-refractivity contribution < 1.29 is 27.7 Å². The second-order valence-electron chi connectivity index (χ2n) is 5.73. The summed E-state index contributed by atoms with van der Waals surface area (Å²) in [5, 5.41) is 14.6. The normalized spacial score (nSPS) is 21.5. The summed E-state index contributed by atoms with van der Waals surface area (Å²) in [5.41, 5.74) is 3.91. The van der Waals surface area contributed by atoms with Gasteiger partial charge in [-0.15, -0.1) is 11.3 Å². The molecular formula is C23H27N3O2S. The zero-order valence-electron chi connectivity index (χ0n) is 28.4. The van der Waals surface area contributed by atoms with Crippen molar-refractivity contribution in [2.24, 2.45) is 0 Å². The average Bonchev–Trinajstić information content (AvgIpc) is 3.33. The van der Waals surface area contributed by atoms with Crippen molar-refractivity contribution in [1.29, 1.82) is 0 Å². The van der Waals surface area contributed by atoms with Gasteiger partial charge in [-0.1, -0.05) is 48.3 Å². The molecule has 1 amide bonds. The van der Waals surface area contributed by atoms with Gasteiger partial charge in [-0.05, 0) is 49.3 Å². The first-order valence-corrected chi connectivity index (χ1v) is 9.30. The lowest BCUT2D eigenvalue weighted by Gasteiger charge is -2.11. The molecule has 3 aromatic rings. The van der Waals surface area contributed by atoms with Crippen LogP contribution in [-0.2, 0) is 17.5 Å². The minimum atomic E-state index is -3.50. The van der Waals surface area contributed by atoms with E-state index in [4.69, 9.17) is 23.6 Å². The SMILES string of the molecule is [2H]c1c([2H])c([C@@]([2H])(O)C([2H])([2H])CC([2H])([2H])C([2H])([2H])c2ccc(NC(=O)C([2H])([2H])c3csc(N)n3)cc2)c([2H])c([2H])c1C. The summed E-state index contributed by atoms with van der Waals surface area (Å²) in [7, 11) is 0. The number of nitrogens with one attached hydrogen (secondary N) is 1. The van der Waals surface area contributed by atoms with Crippen LogP contribution in [0.1, 0.15) is 65.5 Å². The molecule has 0 fully saturated rings. The molecule has 0 spiro atoms. The van der Waals surface area contributed by atoms with E-state index in [0.29, 0.717) is 0 Å². The van der Waals surface area contributed by atoms with Gasteiger partial charge in [0.15, 0.2) is 5.13 Å². The molecular weight excluding hydrogens is 382 g/mol. The summed E-state index contributed by atoms with van der Waals surface area (Å²) in [6, 6.07) is 1.57. The summed E-state index contributed by atoms with van der Waals surface area (Å²) in [4.78, 5) is 16.3. The molecule has 1 aromatic heterocycles. The molecule has 1 atom stereocenters. The maximum absolute atomic E-state index is 12.5. The Morgan fingerprint density at radius 3 is 2.72 bits per heavy atom. The van der Waals surface area contributed by atoms with Gasteiger partial charge in [-0.2, -0.15) is 0 Å². The number of nitrogen functional groups attached to an aromatic ring is 1. The number of carbonyl (C=O) groups excluding carboxylic acids is 1. The largest absolute Gasteiger partial charge is 0.388 e. The third-order valence-electron chi connectivity index (χ3n) is 3.47. The van der Waals surface area contributed by atoms with Gasteiger partial charge < -0.3 is 16.2 Å². The van der Waals surface area contributed by atoms with Crippen molar-refractivity contribution in [2.45, 2.75) is 44.9 Å². The number of amides is 1. The molecule has 6 heteroatoms. The Balaban J connectivity index is 1.87. The lowest BCUT2D eigenvalue weighted by Crippen LogP contribution is -2.14. The Morgan fingerprint density at radius 2 is 2.07 bits per heavy atom. The Bertz CT molecular complexity index is 1480. The van der Waals surface area contributed by atoms with E-state index in [1.54, 1.807) is 0 Å². The van der Waals surface area contributed by atoms with Crippen molar-refractivity contribution in [3.8, 4) is 0 Å². The van der Waals surface area contributed by atoms with Crippen LogP contribution in [0.3, 0.4) is 0 Å². The quantitative estimate of drug-likeness (QED) is 0.468. The molecule has 0 unspecified atom stereocenters. The number of carbonyl (C=O) groups is 1. The summed E-state index contributed by atoms with van der Waals surface area (Å²) in [5.74, 6) is -1.09. The maximum Gasteiger partial charge on any atom is 0.230 e. The van der Waals surface area contributed by atoms with E-state index in [-0.39, 0.29) is 27.6 Å². The Hall–Kier alpha value is -2.70. The van der Waals surface area contributed by atoms with Crippen LogP contribution in [0.5, 0.6) is 0 Å². The predicted octanol–water partition coefficient (Wildman–Crippen LogP) is 4.66. The molecule has 0 bridgehead atoms. The van der Waals surface area contributed by atoms with Gasteiger partial charge in [0.05, 0.1) is 25.0 Å². The monoisotopic (exact) mass is 422 g/mol. The number of hydrogen-bond donors (Lipinski definition) is 3. The molecule has 0 aliphatic heterocycles. The molecule has 152 valence electrons. The van der Waals surface area contributed by atoms with Gasteiger partial charge in [0.2, 0.25) is 5.91 Å². The van der Waals surface area contributed by atoms with Crippen molar-refractivity contribution in [3.05, 3.63) is 76.2 Å². The van der Waals surface area contributed by atoms with Crippen molar-refractivity contribution >= 4 is 28.1 Å². The number of rotatable bonds is 9. The van der Waals surface area contributed by atoms with Crippen LogP contribution >= 0.6 is 11.3 Å².